The van der Waals surface area contributed by atoms with Crippen LogP contribution in [-0.4, -0.2) is 89.9 Å². The number of halogens is 2. The average molecular weight is 720 g/mol. The summed E-state index contributed by atoms with van der Waals surface area (Å²) >= 11 is 0. The molecule has 4 bridgehead atoms. The van der Waals surface area contributed by atoms with Gasteiger partial charge < -0.3 is 20.3 Å². The number of aryl methyl sites for hydroxylation is 1. The third kappa shape index (κ3) is 7.64. The Balaban J connectivity index is 1.25. The predicted octanol–water partition coefficient (Wildman–Crippen LogP) is 2.42. The molecule has 3 heterocycles. The molecule has 16 heteroatoms. The summed E-state index contributed by atoms with van der Waals surface area (Å²) in [5.41, 5.74) is 1.50. The van der Waals surface area contributed by atoms with Crippen LogP contribution >= 0.6 is 0 Å². The monoisotopic (exact) mass is 719 g/mol. The first-order chi connectivity index (χ1) is 23.8. The first-order valence-corrected chi connectivity index (χ1v) is 18.8. The lowest BCUT2D eigenvalue weighted by atomic mass is 9.98. The van der Waals surface area contributed by atoms with Crippen molar-refractivity contribution in [1.29, 1.82) is 0 Å². The van der Waals surface area contributed by atoms with E-state index < -0.39 is 87.5 Å². The molecule has 2 saturated carbocycles. The van der Waals surface area contributed by atoms with Crippen molar-refractivity contribution in [2.45, 2.75) is 119 Å². The zero-order chi connectivity index (χ0) is 35.8. The Bertz CT molecular complexity index is 1670. The number of carbonyl (C=O) groups is 5. The number of nitrogens with one attached hydrogen (secondary N) is 3. The number of sulfonamides is 1. The maximum Gasteiger partial charge on any atom is 0.410 e. The van der Waals surface area contributed by atoms with Gasteiger partial charge in [-0.15, -0.1) is 6.58 Å². The summed E-state index contributed by atoms with van der Waals surface area (Å²) in [4.78, 5) is 70.0. The summed E-state index contributed by atoms with van der Waals surface area (Å²) < 4.78 is 60.5. The first-order valence-electron chi connectivity index (χ1n) is 17.2. The van der Waals surface area contributed by atoms with E-state index in [0.717, 1.165) is 40.9 Å². The van der Waals surface area contributed by atoms with Gasteiger partial charge in [-0.2, -0.15) is 0 Å². The molecule has 3 N–H and O–H groups in total. The highest BCUT2D eigenvalue weighted by molar-refractivity contribution is 7.91. The summed E-state index contributed by atoms with van der Waals surface area (Å²) in [5, 5.41) is 4.35. The molecule has 50 heavy (non-hydrogen) atoms. The Hall–Kier alpha value is -4.08. The summed E-state index contributed by atoms with van der Waals surface area (Å²) in [6, 6.07) is 2.88. The predicted molar refractivity (Wildman–Crippen MR) is 175 cm³/mol. The second-order valence-electron chi connectivity index (χ2n) is 14.0. The average Bonchev–Trinajstić information content (AvgIpc) is 3.95. The number of nitrogens with zero attached hydrogens (tertiary/aromatic N) is 2. The first kappa shape index (κ1) is 35.7. The molecule has 5 atom stereocenters. The number of benzene rings is 1. The molecule has 0 unspecified atom stereocenters. The maximum absolute atomic E-state index is 14.0. The summed E-state index contributed by atoms with van der Waals surface area (Å²) in [5.74, 6) is -3.95. The number of rotatable bonds is 8. The van der Waals surface area contributed by atoms with Crippen LogP contribution in [0.25, 0.3) is 0 Å². The quantitative estimate of drug-likeness (QED) is 0.344. The van der Waals surface area contributed by atoms with Gasteiger partial charge in [0.05, 0.1) is 11.8 Å². The molecule has 272 valence electrons. The molecule has 1 saturated heterocycles. The molecule has 6 rings (SSSR count). The largest absolute Gasteiger partial charge is 0.444 e. The van der Waals surface area contributed by atoms with Crippen molar-refractivity contribution in [1.82, 2.24) is 25.2 Å². The lowest BCUT2D eigenvalue weighted by molar-refractivity contribution is -0.143. The second-order valence-corrected chi connectivity index (χ2v) is 16.0. The van der Waals surface area contributed by atoms with Crippen LogP contribution in [0, 0.1) is 5.92 Å². The lowest BCUT2D eigenvalue weighted by Gasteiger charge is -2.29. The van der Waals surface area contributed by atoms with Crippen molar-refractivity contribution in [3.63, 3.8) is 0 Å². The van der Waals surface area contributed by atoms with Gasteiger partial charge in [-0.3, -0.25) is 28.8 Å². The van der Waals surface area contributed by atoms with Gasteiger partial charge in [0.2, 0.25) is 34.2 Å². The molecule has 5 aliphatic rings. The van der Waals surface area contributed by atoms with Crippen molar-refractivity contribution in [3.05, 3.63) is 47.5 Å². The molecular weight excluding hydrogens is 676 g/mol. The number of ether oxygens (including phenoxy) is 1. The highest BCUT2D eigenvalue weighted by atomic mass is 32.2. The molecule has 1 aromatic rings. The van der Waals surface area contributed by atoms with E-state index in [1.807, 2.05) is 18.2 Å². The molecule has 2 aliphatic carbocycles. The number of amides is 5. The van der Waals surface area contributed by atoms with Crippen LogP contribution in [0.5, 0.6) is 0 Å². The molecule has 3 fully saturated rings. The maximum atomic E-state index is 14.0. The normalized spacial score (nSPS) is 29.0. The third-order valence-electron chi connectivity index (χ3n) is 10.4. The molecular formula is C34H43F2N5O8S. The molecule has 13 nitrogen and oxygen atoms in total. The topological polar surface area (TPSA) is 171 Å². The highest BCUT2D eigenvalue weighted by Crippen LogP contribution is 2.45. The molecule has 0 aromatic heterocycles. The fourth-order valence-corrected chi connectivity index (χ4v) is 8.65. The van der Waals surface area contributed by atoms with Gasteiger partial charge in [-0.25, -0.2) is 22.0 Å². The summed E-state index contributed by atoms with van der Waals surface area (Å²) in [6.45, 7) is 3.99. The number of carbonyl (C=O) groups excluding carboxylic acids is 5. The Morgan fingerprint density at radius 2 is 1.80 bits per heavy atom. The molecule has 5 amide bonds. The van der Waals surface area contributed by atoms with E-state index in [-0.39, 0.29) is 25.8 Å². The number of alkyl halides is 2. The Morgan fingerprint density at radius 1 is 1.08 bits per heavy atom. The van der Waals surface area contributed by atoms with E-state index >= 15 is 0 Å². The number of fused-ring (bicyclic) bond motifs is 3. The smallest absolute Gasteiger partial charge is 0.410 e. The van der Waals surface area contributed by atoms with E-state index in [1.165, 1.54) is 11.0 Å². The fraction of sp³-hybridized carbons (Fsp3) is 0.618. The van der Waals surface area contributed by atoms with Gasteiger partial charge >= 0.3 is 6.09 Å². The standard InChI is InChI=1S/C34H43F2N5O8S/c1-2-22-16-34(22,32(45)39-50(47,48)24-12-13-24)38-30(43)27-14-23-18-41(27)31(44)26(15-28(35)36)37-29(42)11-6-4-3-5-8-20-9-7-10-21-17-40(19-25(20)21)33(46)49-23/h2,7,9-10,22-24,26-28H,1,3-6,8,11-19H2,(H,37,42)(H,38,43)(H,39,45)/t22-,23+,26-,27-,34+/m0/s1. The van der Waals surface area contributed by atoms with Crippen LogP contribution in [0.3, 0.4) is 0 Å². The molecule has 3 aliphatic heterocycles. The van der Waals surface area contributed by atoms with E-state index in [4.69, 9.17) is 4.74 Å². The van der Waals surface area contributed by atoms with E-state index in [1.54, 1.807) is 0 Å². The van der Waals surface area contributed by atoms with Crippen molar-refractivity contribution < 1.29 is 45.9 Å². The van der Waals surface area contributed by atoms with Crippen molar-refractivity contribution in [2.24, 2.45) is 5.92 Å². The SMILES string of the molecule is C=C[C@H]1C[C@]1(NC(=O)[C@@H]1C[C@@H]2CN1C(=O)[C@H](CC(F)F)NC(=O)CCCCCCc1cccc3c1CN(C3)C(=O)O2)C(=O)NS(=O)(=O)C1CC1. The minimum atomic E-state index is -3.96. The van der Waals surface area contributed by atoms with Gasteiger partial charge in [0.15, 0.2) is 0 Å². The van der Waals surface area contributed by atoms with Gasteiger partial charge in [-0.05, 0) is 55.2 Å². The number of hydrogen-bond acceptors (Lipinski definition) is 8. The Labute approximate surface area is 289 Å². The van der Waals surface area contributed by atoms with E-state index in [2.05, 4.69) is 21.9 Å². The molecule has 0 spiro atoms. The van der Waals surface area contributed by atoms with Gasteiger partial charge in [0.25, 0.3) is 5.91 Å². The minimum Gasteiger partial charge on any atom is -0.444 e. The molecule has 1 aromatic carbocycles. The van der Waals surface area contributed by atoms with Crippen LogP contribution in [-0.2, 0) is 53.4 Å². The molecule has 0 radical (unpaired) electrons. The van der Waals surface area contributed by atoms with Crippen LogP contribution in [0.1, 0.15) is 80.9 Å². The summed E-state index contributed by atoms with van der Waals surface area (Å²) in [6.07, 6.45) is 0.117. The van der Waals surface area contributed by atoms with Crippen molar-refractivity contribution in [2.75, 3.05) is 6.54 Å². The van der Waals surface area contributed by atoms with Crippen LogP contribution in [0.2, 0.25) is 0 Å². The van der Waals surface area contributed by atoms with Gasteiger partial charge in [-0.1, -0.05) is 37.1 Å². The van der Waals surface area contributed by atoms with E-state index in [0.29, 0.717) is 38.8 Å². The number of hydrogen-bond donors (Lipinski definition) is 3. The van der Waals surface area contributed by atoms with Gasteiger partial charge in [0, 0.05) is 38.3 Å². The minimum absolute atomic E-state index is 0.0250. The Morgan fingerprint density at radius 3 is 2.48 bits per heavy atom. The third-order valence-corrected chi connectivity index (χ3v) is 12.2. The zero-order valence-electron chi connectivity index (χ0n) is 27.7. The van der Waals surface area contributed by atoms with Crippen LogP contribution in [0.4, 0.5) is 13.6 Å². The second kappa shape index (κ2) is 14.3. The van der Waals surface area contributed by atoms with Crippen molar-refractivity contribution >= 4 is 39.7 Å². The van der Waals surface area contributed by atoms with Crippen LogP contribution < -0.4 is 15.4 Å². The van der Waals surface area contributed by atoms with Crippen LogP contribution in [0.15, 0.2) is 30.9 Å². The van der Waals surface area contributed by atoms with Gasteiger partial charge in [0.1, 0.15) is 23.7 Å². The van der Waals surface area contributed by atoms with Crippen molar-refractivity contribution in [3.8, 4) is 0 Å². The highest BCUT2D eigenvalue weighted by Gasteiger charge is 2.62. The Kier molecular flexibility index (Phi) is 10.2. The zero-order valence-corrected chi connectivity index (χ0v) is 28.5. The fourth-order valence-electron chi connectivity index (χ4n) is 7.29. The lowest BCUT2D eigenvalue weighted by Crippen LogP contribution is -2.58. The van der Waals surface area contributed by atoms with E-state index in [9.17, 15) is 41.2 Å². The summed E-state index contributed by atoms with van der Waals surface area (Å²) in [7, 11) is -3.96.